The van der Waals surface area contributed by atoms with Gasteiger partial charge in [0.1, 0.15) is 11.8 Å². The molecule has 5 heteroatoms. The van der Waals surface area contributed by atoms with Crippen LogP contribution >= 0.6 is 0 Å². The van der Waals surface area contributed by atoms with E-state index in [-0.39, 0.29) is 11.8 Å². The summed E-state index contributed by atoms with van der Waals surface area (Å²) in [5.41, 5.74) is 9.30. The van der Waals surface area contributed by atoms with Crippen molar-refractivity contribution < 1.29 is 4.74 Å². The van der Waals surface area contributed by atoms with Gasteiger partial charge in [0.05, 0.1) is 0 Å². The molecule has 1 aromatic carbocycles. The zero-order valence-corrected chi connectivity index (χ0v) is 14.6. The first kappa shape index (κ1) is 15.3. The summed E-state index contributed by atoms with van der Waals surface area (Å²) in [7, 11) is 0. The Labute approximate surface area is 148 Å². The van der Waals surface area contributed by atoms with Gasteiger partial charge in [-0.1, -0.05) is 29.8 Å². The molecule has 2 saturated heterocycles. The summed E-state index contributed by atoms with van der Waals surface area (Å²) < 4.78 is 6.62. The van der Waals surface area contributed by atoms with Gasteiger partial charge in [-0.3, -0.25) is 4.90 Å². The minimum atomic E-state index is -0.0619. The largest absolute Gasteiger partial charge is 0.368 e. The van der Waals surface area contributed by atoms with Crippen molar-refractivity contribution in [2.75, 3.05) is 12.3 Å². The normalized spacial score (nSPS) is 33.7. The Kier molecular flexibility index (Phi) is 3.37. The van der Waals surface area contributed by atoms with E-state index in [0.717, 1.165) is 31.0 Å². The van der Waals surface area contributed by atoms with Crippen LogP contribution in [0.5, 0.6) is 0 Å². The van der Waals surface area contributed by atoms with Crippen LogP contribution in [0.1, 0.15) is 36.0 Å². The summed E-state index contributed by atoms with van der Waals surface area (Å²) in [6, 6.07) is 8.96. The van der Waals surface area contributed by atoms with Crippen molar-refractivity contribution in [3.63, 3.8) is 0 Å². The Bertz CT molecular complexity index is 775. The predicted molar refractivity (Wildman–Crippen MR) is 95.4 cm³/mol. The maximum atomic E-state index is 6.62. The van der Waals surface area contributed by atoms with Gasteiger partial charge in [0.25, 0.3) is 0 Å². The highest BCUT2D eigenvalue weighted by Gasteiger charge is 2.65. The Balaban J connectivity index is 1.40. The second kappa shape index (κ2) is 5.51. The van der Waals surface area contributed by atoms with Crippen LogP contribution in [0, 0.1) is 18.8 Å². The third-order valence-corrected chi connectivity index (χ3v) is 6.29. The lowest BCUT2D eigenvalue weighted by molar-refractivity contribution is -0.313. The lowest BCUT2D eigenvalue weighted by Crippen LogP contribution is -2.61. The van der Waals surface area contributed by atoms with E-state index in [0.29, 0.717) is 11.9 Å². The maximum absolute atomic E-state index is 6.62. The Morgan fingerprint density at radius 2 is 2.00 bits per heavy atom. The van der Waals surface area contributed by atoms with Crippen molar-refractivity contribution in [2.45, 2.75) is 44.6 Å². The highest BCUT2D eigenvalue weighted by molar-refractivity contribution is 5.32. The van der Waals surface area contributed by atoms with Crippen LogP contribution in [0.2, 0.25) is 0 Å². The van der Waals surface area contributed by atoms with E-state index in [1.54, 1.807) is 0 Å². The van der Waals surface area contributed by atoms with Crippen LogP contribution in [-0.4, -0.2) is 27.6 Å². The molecule has 0 amide bonds. The van der Waals surface area contributed by atoms with E-state index >= 15 is 0 Å². The number of nitrogen functional groups attached to an aromatic ring is 1. The fourth-order valence-corrected chi connectivity index (χ4v) is 5.16. The molecule has 2 N–H and O–H groups in total. The van der Waals surface area contributed by atoms with Gasteiger partial charge in [-0.2, -0.15) is 0 Å². The lowest BCUT2D eigenvalue weighted by Gasteiger charge is -2.57. The zero-order valence-electron chi connectivity index (χ0n) is 14.6. The minimum Gasteiger partial charge on any atom is -0.368 e. The van der Waals surface area contributed by atoms with Crippen LogP contribution in [0.15, 0.2) is 36.7 Å². The molecular formula is C20H24N4O. The smallest absolute Gasteiger partial charge is 0.219 e. The van der Waals surface area contributed by atoms with Crippen LogP contribution in [-0.2, 0) is 16.9 Å². The molecule has 3 fully saturated rings. The van der Waals surface area contributed by atoms with Gasteiger partial charge >= 0.3 is 0 Å². The standard InChI is InChI=1S/C20H24N4O/c1-13-4-6-16(7-5-13)20-8-2-3-15-12-24(18(25-20)17(15)20)11-14-9-22-19(21)23-10-14/h4-7,9-10,15,17-18H,2-3,8,11-12H2,1H3,(H2,21,22,23)/t15-,17-,18-,20+/m1/s1. The van der Waals surface area contributed by atoms with E-state index in [1.807, 2.05) is 12.4 Å². The molecule has 2 aliphatic heterocycles. The quantitative estimate of drug-likeness (QED) is 0.934. The fourth-order valence-electron chi connectivity index (χ4n) is 5.16. The topological polar surface area (TPSA) is 64.3 Å². The molecule has 130 valence electrons. The summed E-state index contributed by atoms with van der Waals surface area (Å²) in [6.07, 6.45) is 7.59. The van der Waals surface area contributed by atoms with Gasteiger partial charge in [0.2, 0.25) is 5.95 Å². The van der Waals surface area contributed by atoms with Gasteiger partial charge in [0.15, 0.2) is 0 Å². The van der Waals surface area contributed by atoms with Crippen LogP contribution in [0.4, 0.5) is 5.95 Å². The van der Waals surface area contributed by atoms with Crippen LogP contribution in [0.25, 0.3) is 0 Å². The van der Waals surface area contributed by atoms with Crippen LogP contribution in [0.3, 0.4) is 0 Å². The number of anilines is 1. The average molecular weight is 336 g/mol. The van der Waals surface area contributed by atoms with E-state index in [2.05, 4.69) is 46.1 Å². The first-order valence-electron chi connectivity index (χ1n) is 9.21. The number of hydrogen-bond acceptors (Lipinski definition) is 5. The van der Waals surface area contributed by atoms with Gasteiger partial charge in [-0.25, -0.2) is 9.97 Å². The Morgan fingerprint density at radius 3 is 2.76 bits per heavy atom. The van der Waals surface area contributed by atoms with Crippen molar-refractivity contribution in [1.82, 2.24) is 14.9 Å². The number of aromatic nitrogens is 2. The number of hydrogen-bond donors (Lipinski definition) is 1. The van der Waals surface area contributed by atoms with Crippen molar-refractivity contribution in [1.29, 1.82) is 0 Å². The number of benzene rings is 1. The molecule has 4 atom stereocenters. The van der Waals surface area contributed by atoms with E-state index in [9.17, 15) is 0 Å². The molecular weight excluding hydrogens is 312 g/mol. The van der Waals surface area contributed by atoms with Crippen molar-refractivity contribution in [2.24, 2.45) is 11.8 Å². The Morgan fingerprint density at radius 1 is 1.24 bits per heavy atom. The van der Waals surface area contributed by atoms with Crippen molar-refractivity contribution in [3.8, 4) is 0 Å². The lowest BCUT2D eigenvalue weighted by atomic mass is 9.63. The molecule has 0 spiro atoms. The third-order valence-electron chi connectivity index (χ3n) is 6.29. The predicted octanol–water partition coefficient (Wildman–Crippen LogP) is 2.85. The molecule has 1 aliphatic carbocycles. The van der Waals surface area contributed by atoms with Gasteiger partial charge in [-0.05, 0) is 37.7 Å². The molecule has 3 aliphatic rings. The molecule has 5 rings (SSSR count). The number of aryl methyl sites for hydroxylation is 1. The molecule has 3 heterocycles. The monoisotopic (exact) mass is 336 g/mol. The second-order valence-corrected chi connectivity index (χ2v) is 7.82. The first-order chi connectivity index (χ1) is 12.2. The van der Waals surface area contributed by atoms with E-state index in [1.165, 1.54) is 24.0 Å². The molecule has 0 radical (unpaired) electrons. The van der Waals surface area contributed by atoms with Gasteiger partial charge in [-0.15, -0.1) is 0 Å². The summed E-state index contributed by atoms with van der Waals surface area (Å²) in [5, 5.41) is 0. The van der Waals surface area contributed by atoms with E-state index < -0.39 is 0 Å². The number of likely N-dealkylation sites (tertiary alicyclic amines) is 1. The van der Waals surface area contributed by atoms with E-state index in [4.69, 9.17) is 10.5 Å². The molecule has 0 unspecified atom stereocenters. The van der Waals surface area contributed by atoms with Crippen molar-refractivity contribution >= 4 is 5.95 Å². The zero-order chi connectivity index (χ0) is 17.0. The maximum Gasteiger partial charge on any atom is 0.219 e. The highest BCUT2D eigenvalue weighted by Crippen LogP contribution is 2.61. The number of nitrogens with zero attached hydrogens (tertiary/aromatic N) is 3. The highest BCUT2D eigenvalue weighted by atomic mass is 16.6. The molecule has 25 heavy (non-hydrogen) atoms. The van der Waals surface area contributed by atoms with Crippen LogP contribution < -0.4 is 5.73 Å². The number of nitrogens with two attached hydrogens (primary N) is 1. The average Bonchev–Trinajstić information content (AvgIpc) is 2.92. The molecule has 0 bridgehead atoms. The molecule has 5 nitrogen and oxygen atoms in total. The minimum absolute atomic E-state index is 0.0619. The summed E-state index contributed by atoms with van der Waals surface area (Å²) >= 11 is 0. The summed E-state index contributed by atoms with van der Waals surface area (Å²) in [5.74, 6) is 1.67. The van der Waals surface area contributed by atoms with Crippen molar-refractivity contribution in [3.05, 3.63) is 53.3 Å². The Hall–Kier alpha value is -1.98. The van der Waals surface area contributed by atoms with Gasteiger partial charge in [0, 0.05) is 37.0 Å². The third kappa shape index (κ3) is 2.29. The SMILES string of the molecule is Cc1ccc([C@]23CCC[C@@H]4CN(Cc5cnc(N)nc5)[C@H](O2)[C@@H]43)cc1. The van der Waals surface area contributed by atoms with Gasteiger partial charge < -0.3 is 10.5 Å². The summed E-state index contributed by atoms with van der Waals surface area (Å²) in [4.78, 5) is 10.7. The first-order valence-corrected chi connectivity index (χ1v) is 9.21. The molecule has 1 aromatic heterocycles. The number of rotatable bonds is 3. The molecule has 2 aromatic rings. The fraction of sp³-hybridized carbons (Fsp3) is 0.500. The second-order valence-electron chi connectivity index (χ2n) is 7.82. The molecule has 1 saturated carbocycles. The number of ether oxygens (including phenoxy) is 1. The summed E-state index contributed by atoms with van der Waals surface area (Å²) in [6.45, 7) is 4.08.